The molecule has 0 fully saturated rings. The van der Waals surface area contributed by atoms with E-state index in [2.05, 4.69) is 27.6 Å². The second-order valence-corrected chi connectivity index (χ2v) is 7.48. The molecule has 0 N–H and O–H groups in total. The molecule has 8 nitrogen and oxygen atoms in total. The summed E-state index contributed by atoms with van der Waals surface area (Å²) < 4.78 is 23.2. The van der Waals surface area contributed by atoms with Gasteiger partial charge in [-0.25, -0.2) is 4.68 Å². The lowest BCUT2D eigenvalue weighted by Crippen LogP contribution is -1.98. The number of fused-ring (bicyclic) bond motifs is 1. The van der Waals surface area contributed by atoms with Crippen LogP contribution in [0.15, 0.2) is 71.4 Å². The number of hydrogen-bond acceptors (Lipinski definition) is 7. The molecule has 0 radical (unpaired) electrons. The van der Waals surface area contributed by atoms with Crippen LogP contribution in [0.25, 0.3) is 33.3 Å². The first kappa shape index (κ1) is 20.6. The fourth-order valence-electron chi connectivity index (χ4n) is 3.70. The fraction of sp³-hybridized carbons (Fsp3) is 0.160. The summed E-state index contributed by atoms with van der Waals surface area (Å²) in [4.78, 5) is 0. The zero-order chi connectivity index (χ0) is 22.8. The summed E-state index contributed by atoms with van der Waals surface area (Å²) in [6, 6.07) is 19.7. The van der Waals surface area contributed by atoms with E-state index >= 15 is 0 Å². The van der Waals surface area contributed by atoms with Crippen molar-refractivity contribution in [2.45, 2.75) is 6.54 Å². The van der Waals surface area contributed by atoms with Crippen molar-refractivity contribution >= 4 is 10.8 Å². The van der Waals surface area contributed by atoms with E-state index in [0.29, 0.717) is 29.5 Å². The molecule has 0 aliphatic carbocycles. The van der Waals surface area contributed by atoms with Crippen LogP contribution in [0.5, 0.6) is 17.2 Å². The van der Waals surface area contributed by atoms with Crippen molar-refractivity contribution in [2.75, 3.05) is 21.3 Å². The van der Waals surface area contributed by atoms with Crippen molar-refractivity contribution in [2.24, 2.45) is 0 Å². The number of nitrogens with zero attached hydrogens (tertiary/aromatic N) is 4. The minimum absolute atomic E-state index is 0.415. The summed E-state index contributed by atoms with van der Waals surface area (Å²) in [5.74, 6) is 2.80. The molecule has 8 heteroatoms. The smallest absolute Gasteiger partial charge is 0.161 e. The third-order valence-corrected chi connectivity index (χ3v) is 5.44. The average Bonchev–Trinajstić information content (AvgIpc) is 3.53. The van der Waals surface area contributed by atoms with Gasteiger partial charge < -0.3 is 18.7 Å². The van der Waals surface area contributed by atoms with Crippen LogP contribution >= 0.6 is 0 Å². The van der Waals surface area contributed by atoms with Crippen molar-refractivity contribution in [3.8, 4) is 39.8 Å². The summed E-state index contributed by atoms with van der Waals surface area (Å²) >= 11 is 0. The van der Waals surface area contributed by atoms with E-state index in [9.17, 15) is 0 Å². The SMILES string of the molecule is COc1ccc2cc(-c3cn(Cc4cc(-c5ccc(OC)c(OC)c5)no4)nn3)ccc2c1. The summed E-state index contributed by atoms with van der Waals surface area (Å²) in [6.07, 6.45) is 1.89. The Morgan fingerprint density at radius 3 is 2.33 bits per heavy atom. The maximum absolute atomic E-state index is 5.52. The molecular formula is C25H22N4O4. The van der Waals surface area contributed by atoms with Crippen LogP contribution in [0.1, 0.15) is 5.76 Å². The third-order valence-electron chi connectivity index (χ3n) is 5.44. The Morgan fingerprint density at radius 1 is 0.758 bits per heavy atom. The van der Waals surface area contributed by atoms with Crippen molar-refractivity contribution in [1.82, 2.24) is 20.2 Å². The first-order valence-electron chi connectivity index (χ1n) is 10.3. The Kier molecular flexibility index (Phi) is 5.40. The van der Waals surface area contributed by atoms with Gasteiger partial charge in [-0.05, 0) is 47.2 Å². The predicted molar refractivity (Wildman–Crippen MR) is 124 cm³/mol. The van der Waals surface area contributed by atoms with Crippen LogP contribution in [-0.2, 0) is 6.54 Å². The van der Waals surface area contributed by atoms with Gasteiger partial charge in [0.2, 0.25) is 0 Å². The van der Waals surface area contributed by atoms with E-state index in [1.807, 2.05) is 54.7 Å². The first-order valence-corrected chi connectivity index (χ1v) is 10.3. The van der Waals surface area contributed by atoms with Gasteiger partial charge in [-0.3, -0.25) is 0 Å². The van der Waals surface area contributed by atoms with E-state index in [0.717, 1.165) is 33.3 Å². The predicted octanol–water partition coefficient (Wildman–Crippen LogP) is 4.83. The van der Waals surface area contributed by atoms with Gasteiger partial charge in [-0.1, -0.05) is 28.6 Å². The molecule has 0 bridgehead atoms. The molecule has 3 aromatic carbocycles. The van der Waals surface area contributed by atoms with Gasteiger partial charge in [-0.2, -0.15) is 0 Å². The fourth-order valence-corrected chi connectivity index (χ4v) is 3.70. The van der Waals surface area contributed by atoms with E-state index in [1.54, 1.807) is 26.0 Å². The molecule has 5 aromatic rings. The molecule has 0 saturated carbocycles. The van der Waals surface area contributed by atoms with Gasteiger partial charge in [0, 0.05) is 17.2 Å². The molecule has 0 spiro atoms. The molecule has 33 heavy (non-hydrogen) atoms. The first-order chi connectivity index (χ1) is 16.2. The molecule has 0 saturated heterocycles. The molecular weight excluding hydrogens is 420 g/mol. The molecule has 0 unspecified atom stereocenters. The lowest BCUT2D eigenvalue weighted by molar-refractivity contribution is 0.355. The van der Waals surface area contributed by atoms with Gasteiger partial charge in [0.25, 0.3) is 0 Å². The topological polar surface area (TPSA) is 84.4 Å². The van der Waals surface area contributed by atoms with Crippen LogP contribution in [0.3, 0.4) is 0 Å². The molecule has 0 atom stereocenters. The Bertz CT molecular complexity index is 1420. The summed E-state index contributed by atoms with van der Waals surface area (Å²) in [7, 11) is 4.87. The number of hydrogen-bond donors (Lipinski definition) is 0. The van der Waals surface area contributed by atoms with Crippen LogP contribution in [0.4, 0.5) is 0 Å². The second kappa shape index (κ2) is 8.66. The van der Waals surface area contributed by atoms with Crippen LogP contribution < -0.4 is 14.2 Å². The number of benzene rings is 3. The standard InChI is InChI=1S/C25H22N4O4/c1-30-20-8-6-16-10-18(5-4-17(16)11-20)23-15-29(28-26-23)14-21-13-22(27-33-21)19-7-9-24(31-2)25(12-19)32-3/h4-13,15H,14H2,1-3H3. The number of rotatable bonds is 7. The summed E-state index contributed by atoms with van der Waals surface area (Å²) in [6.45, 7) is 0.415. The van der Waals surface area contributed by atoms with Gasteiger partial charge in [0.1, 0.15) is 23.7 Å². The summed E-state index contributed by atoms with van der Waals surface area (Å²) in [5.41, 5.74) is 3.35. The van der Waals surface area contributed by atoms with Crippen molar-refractivity contribution in [1.29, 1.82) is 0 Å². The lowest BCUT2D eigenvalue weighted by Gasteiger charge is -2.07. The number of ether oxygens (including phenoxy) is 3. The van der Waals surface area contributed by atoms with E-state index < -0.39 is 0 Å². The average molecular weight is 442 g/mol. The van der Waals surface area contributed by atoms with Crippen molar-refractivity contribution in [3.63, 3.8) is 0 Å². The Hall–Kier alpha value is -4.33. The number of aromatic nitrogens is 4. The van der Waals surface area contributed by atoms with Crippen LogP contribution in [-0.4, -0.2) is 41.5 Å². The Balaban J connectivity index is 1.34. The quantitative estimate of drug-likeness (QED) is 0.357. The molecule has 166 valence electrons. The van der Waals surface area contributed by atoms with Gasteiger partial charge in [-0.15, -0.1) is 5.10 Å². The van der Waals surface area contributed by atoms with Crippen molar-refractivity contribution < 1.29 is 18.7 Å². The molecule has 0 aliphatic rings. The highest BCUT2D eigenvalue weighted by molar-refractivity contribution is 5.87. The third kappa shape index (κ3) is 4.10. The summed E-state index contributed by atoms with van der Waals surface area (Å²) in [5, 5.41) is 15.0. The van der Waals surface area contributed by atoms with Crippen LogP contribution in [0.2, 0.25) is 0 Å². The molecule has 2 heterocycles. The Morgan fingerprint density at radius 2 is 1.52 bits per heavy atom. The van der Waals surface area contributed by atoms with E-state index in [4.69, 9.17) is 18.7 Å². The van der Waals surface area contributed by atoms with Gasteiger partial charge in [0.15, 0.2) is 17.3 Å². The molecule has 2 aromatic heterocycles. The van der Waals surface area contributed by atoms with E-state index in [1.165, 1.54) is 0 Å². The highest BCUT2D eigenvalue weighted by atomic mass is 16.5. The second-order valence-electron chi connectivity index (χ2n) is 7.48. The number of methoxy groups -OCH3 is 3. The zero-order valence-electron chi connectivity index (χ0n) is 18.5. The maximum Gasteiger partial charge on any atom is 0.161 e. The van der Waals surface area contributed by atoms with E-state index in [-0.39, 0.29) is 0 Å². The normalized spacial score (nSPS) is 11.0. The highest BCUT2D eigenvalue weighted by Crippen LogP contribution is 2.32. The highest BCUT2D eigenvalue weighted by Gasteiger charge is 2.12. The minimum Gasteiger partial charge on any atom is -0.497 e. The lowest BCUT2D eigenvalue weighted by atomic mass is 10.1. The van der Waals surface area contributed by atoms with Crippen molar-refractivity contribution in [3.05, 3.63) is 72.6 Å². The maximum atomic E-state index is 5.52. The molecule has 0 amide bonds. The van der Waals surface area contributed by atoms with Crippen LogP contribution in [0, 0.1) is 0 Å². The monoisotopic (exact) mass is 442 g/mol. The minimum atomic E-state index is 0.415. The van der Waals surface area contributed by atoms with Gasteiger partial charge >= 0.3 is 0 Å². The molecule has 0 aliphatic heterocycles. The zero-order valence-corrected chi connectivity index (χ0v) is 18.5. The van der Waals surface area contributed by atoms with Gasteiger partial charge in [0.05, 0.1) is 27.5 Å². The Labute approximate surface area is 190 Å². The largest absolute Gasteiger partial charge is 0.497 e. The molecule has 5 rings (SSSR count).